The number of esters is 5. The topological polar surface area (TPSA) is 132 Å². The Hall–Kier alpha value is -2.49. The van der Waals surface area contributed by atoms with Crippen molar-refractivity contribution in [3.8, 4) is 0 Å². The standard InChI is InChI=1S/C15H20O10/c1-6-11(22-7(2)16)12(23-8(3)17)13(24-9(4)18)14(21-6)15(20)25-10(5)19/h6,11-14H,1-5H3. The van der Waals surface area contributed by atoms with Crippen molar-refractivity contribution < 1.29 is 47.7 Å². The maximum Gasteiger partial charge on any atom is 0.346 e. The van der Waals surface area contributed by atoms with Crippen molar-refractivity contribution in [2.75, 3.05) is 0 Å². The molecule has 0 saturated carbocycles. The zero-order valence-electron chi connectivity index (χ0n) is 14.5. The van der Waals surface area contributed by atoms with Gasteiger partial charge >= 0.3 is 29.8 Å². The van der Waals surface area contributed by atoms with Gasteiger partial charge in [0, 0.05) is 27.7 Å². The lowest BCUT2D eigenvalue weighted by Crippen LogP contribution is -2.62. The molecule has 25 heavy (non-hydrogen) atoms. The predicted molar refractivity (Wildman–Crippen MR) is 77.8 cm³/mol. The van der Waals surface area contributed by atoms with Crippen LogP contribution in [-0.2, 0) is 47.7 Å². The van der Waals surface area contributed by atoms with Gasteiger partial charge in [-0.2, -0.15) is 0 Å². The average molecular weight is 360 g/mol. The molecule has 1 heterocycles. The number of hydrogen-bond donors (Lipinski definition) is 0. The molecule has 0 bridgehead atoms. The van der Waals surface area contributed by atoms with Gasteiger partial charge < -0.3 is 23.7 Å². The third-order valence-corrected chi connectivity index (χ3v) is 3.15. The highest BCUT2D eigenvalue weighted by molar-refractivity contribution is 5.87. The summed E-state index contributed by atoms with van der Waals surface area (Å²) < 4.78 is 25.1. The molecule has 10 heteroatoms. The second kappa shape index (κ2) is 8.56. The first kappa shape index (κ1) is 20.6. The van der Waals surface area contributed by atoms with E-state index in [-0.39, 0.29) is 0 Å². The molecule has 0 N–H and O–H groups in total. The van der Waals surface area contributed by atoms with E-state index in [1.807, 2.05) is 0 Å². The maximum absolute atomic E-state index is 12.1. The minimum atomic E-state index is -1.54. The predicted octanol–water partition coefficient (Wildman–Crippen LogP) is -0.341. The van der Waals surface area contributed by atoms with Crippen LogP contribution < -0.4 is 0 Å². The van der Waals surface area contributed by atoms with Gasteiger partial charge in [-0.3, -0.25) is 19.2 Å². The fourth-order valence-electron chi connectivity index (χ4n) is 2.40. The SMILES string of the molecule is CC(=O)OC(=O)C1OC(C)C(OC(C)=O)C(OC(C)=O)C1OC(C)=O. The minimum absolute atomic E-state index is 0.691. The van der Waals surface area contributed by atoms with Crippen LogP contribution in [0.2, 0.25) is 0 Å². The van der Waals surface area contributed by atoms with E-state index >= 15 is 0 Å². The van der Waals surface area contributed by atoms with E-state index in [1.165, 1.54) is 6.92 Å². The quantitative estimate of drug-likeness (QED) is 0.372. The molecule has 5 unspecified atom stereocenters. The molecule has 1 fully saturated rings. The van der Waals surface area contributed by atoms with Crippen molar-refractivity contribution in [3.05, 3.63) is 0 Å². The van der Waals surface area contributed by atoms with Crippen molar-refractivity contribution in [1.82, 2.24) is 0 Å². The van der Waals surface area contributed by atoms with Gasteiger partial charge in [-0.25, -0.2) is 4.79 Å². The number of carbonyl (C=O) groups is 5. The zero-order chi connectivity index (χ0) is 19.3. The Morgan fingerprint density at radius 1 is 0.680 bits per heavy atom. The van der Waals surface area contributed by atoms with Gasteiger partial charge in [-0.15, -0.1) is 0 Å². The molecule has 0 spiro atoms. The number of hydrogen-bond acceptors (Lipinski definition) is 10. The second-order valence-corrected chi connectivity index (χ2v) is 5.40. The molecule has 1 rings (SSSR count). The Labute approximate surface area is 143 Å². The Morgan fingerprint density at radius 2 is 1.12 bits per heavy atom. The van der Waals surface area contributed by atoms with Gasteiger partial charge in [0.15, 0.2) is 24.4 Å². The number of ether oxygens (including phenoxy) is 5. The van der Waals surface area contributed by atoms with Crippen LogP contribution in [0, 0.1) is 0 Å². The first-order chi connectivity index (χ1) is 11.5. The summed E-state index contributed by atoms with van der Waals surface area (Å²) in [6.45, 7) is 5.77. The molecule has 0 radical (unpaired) electrons. The largest absolute Gasteiger partial charge is 0.456 e. The Balaban J connectivity index is 3.24. The summed E-state index contributed by atoms with van der Waals surface area (Å²) in [7, 11) is 0. The lowest BCUT2D eigenvalue weighted by Gasteiger charge is -2.42. The van der Waals surface area contributed by atoms with E-state index in [0.717, 1.165) is 27.7 Å². The smallest absolute Gasteiger partial charge is 0.346 e. The molecule has 10 nitrogen and oxygen atoms in total. The van der Waals surface area contributed by atoms with Gasteiger partial charge in [-0.05, 0) is 6.92 Å². The van der Waals surface area contributed by atoms with E-state index in [1.54, 1.807) is 0 Å². The fraction of sp³-hybridized carbons (Fsp3) is 0.667. The van der Waals surface area contributed by atoms with E-state index in [0.29, 0.717) is 0 Å². The van der Waals surface area contributed by atoms with Gasteiger partial charge in [0.05, 0.1) is 6.10 Å². The van der Waals surface area contributed by atoms with Crippen molar-refractivity contribution in [2.45, 2.75) is 65.1 Å². The zero-order valence-corrected chi connectivity index (χ0v) is 14.5. The fourth-order valence-corrected chi connectivity index (χ4v) is 2.40. The Bertz CT molecular complexity index is 569. The van der Waals surface area contributed by atoms with Crippen LogP contribution in [0.25, 0.3) is 0 Å². The molecule has 0 aliphatic carbocycles. The highest BCUT2D eigenvalue weighted by Crippen LogP contribution is 2.29. The average Bonchev–Trinajstić information content (AvgIpc) is 2.43. The lowest BCUT2D eigenvalue weighted by atomic mass is 9.94. The van der Waals surface area contributed by atoms with Crippen molar-refractivity contribution in [1.29, 1.82) is 0 Å². The molecule has 1 aliphatic heterocycles. The van der Waals surface area contributed by atoms with E-state index in [9.17, 15) is 24.0 Å². The van der Waals surface area contributed by atoms with Crippen molar-refractivity contribution in [3.63, 3.8) is 0 Å². The van der Waals surface area contributed by atoms with Gasteiger partial charge in [0.25, 0.3) is 0 Å². The third-order valence-electron chi connectivity index (χ3n) is 3.15. The highest BCUT2D eigenvalue weighted by Gasteiger charge is 2.53. The first-order valence-electron chi connectivity index (χ1n) is 7.42. The van der Waals surface area contributed by atoms with E-state index in [4.69, 9.17) is 18.9 Å². The molecule has 1 aliphatic rings. The molecule has 0 aromatic rings. The monoisotopic (exact) mass is 360 g/mol. The summed E-state index contributed by atoms with van der Waals surface area (Å²) >= 11 is 0. The third kappa shape index (κ3) is 5.82. The van der Waals surface area contributed by atoms with Crippen LogP contribution in [0.1, 0.15) is 34.6 Å². The van der Waals surface area contributed by atoms with E-state index in [2.05, 4.69) is 4.74 Å². The normalized spacial score (nSPS) is 28.4. The highest BCUT2D eigenvalue weighted by atomic mass is 16.7. The lowest BCUT2D eigenvalue weighted by molar-refractivity contribution is -0.245. The summed E-state index contributed by atoms with van der Waals surface area (Å²) in [5, 5.41) is 0. The summed E-state index contributed by atoms with van der Waals surface area (Å²) in [6, 6.07) is 0. The summed E-state index contributed by atoms with van der Waals surface area (Å²) in [5.41, 5.74) is 0. The van der Waals surface area contributed by atoms with Crippen LogP contribution in [0.3, 0.4) is 0 Å². The Morgan fingerprint density at radius 3 is 1.56 bits per heavy atom. The van der Waals surface area contributed by atoms with Crippen LogP contribution in [0.4, 0.5) is 0 Å². The summed E-state index contributed by atoms with van der Waals surface area (Å²) in [6.07, 6.45) is -6.37. The first-order valence-corrected chi connectivity index (χ1v) is 7.42. The van der Waals surface area contributed by atoms with Gasteiger partial charge in [0.2, 0.25) is 0 Å². The minimum Gasteiger partial charge on any atom is -0.456 e. The van der Waals surface area contributed by atoms with Crippen LogP contribution in [-0.4, -0.2) is 60.4 Å². The van der Waals surface area contributed by atoms with Gasteiger partial charge in [-0.1, -0.05) is 0 Å². The molecule has 0 aromatic carbocycles. The van der Waals surface area contributed by atoms with E-state index < -0.39 is 60.4 Å². The molecule has 5 atom stereocenters. The van der Waals surface area contributed by atoms with Crippen molar-refractivity contribution in [2.24, 2.45) is 0 Å². The molecule has 0 amide bonds. The second-order valence-electron chi connectivity index (χ2n) is 5.40. The van der Waals surface area contributed by atoms with Crippen molar-refractivity contribution >= 4 is 29.8 Å². The van der Waals surface area contributed by atoms with Crippen LogP contribution in [0.15, 0.2) is 0 Å². The molecular weight excluding hydrogens is 340 g/mol. The van der Waals surface area contributed by atoms with Crippen LogP contribution >= 0.6 is 0 Å². The molecule has 1 saturated heterocycles. The van der Waals surface area contributed by atoms with Gasteiger partial charge in [0.1, 0.15) is 0 Å². The maximum atomic E-state index is 12.1. The molecule has 0 aromatic heterocycles. The summed E-state index contributed by atoms with van der Waals surface area (Å²) in [4.78, 5) is 57.3. The number of carbonyl (C=O) groups excluding carboxylic acids is 5. The van der Waals surface area contributed by atoms with Crippen LogP contribution in [0.5, 0.6) is 0 Å². The number of rotatable bonds is 4. The Kier molecular flexibility index (Phi) is 7.04. The molecule has 140 valence electrons. The summed E-state index contributed by atoms with van der Waals surface area (Å²) in [5.74, 6) is -4.27. The molecular formula is C15H20O10.